The molecule has 128 valence electrons. The molecule has 0 spiro atoms. The predicted octanol–water partition coefficient (Wildman–Crippen LogP) is 3.06. The fourth-order valence-corrected chi connectivity index (χ4v) is 3.21. The standard InChI is InChI=1S/C19H30N2O2/c1-23-18-11-7-6-8-16(18)12-14-21-19(22)13-15-20-17-9-4-2-3-5-10-17/h6-8,11,17,20H,2-5,9-10,12-15H2,1H3,(H,21,22). The molecule has 0 heterocycles. The van der Waals surface area contributed by atoms with Crippen LogP contribution in [0.15, 0.2) is 24.3 Å². The molecule has 1 amide bonds. The SMILES string of the molecule is COc1ccccc1CCNC(=O)CCNC1CCCCCC1. The first-order valence-corrected chi connectivity index (χ1v) is 8.91. The fourth-order valence-electron chi connectivity index (χ4n) is 3.21. The van der Waals surface area contributed by atoms with Crippen molar-refractivity contribution >= 4 is 5.91 Å². The van der Waals surface area contributed by atoms with Gasteiger partial charge < -0.3 is 15.4 Å². The van der Waals surface area contributed by atoms with Gasteiger partial charge in [-0.25, -0.2) is 0 Å². The molecule has 0 radical (unpaired) electrons. The van der Waals surface area contributed by atoms with Crippen LogP contribution in [-0.4, -0.2) is 32.1 Å². The van der Waals surface area contributed by atoms with Crippen LogP contribution in [0.5, 0.6) is 5.75 Å². The molecule has 0 saturated heterocycles. The Morgan fingerprint density at radius 2 is 1.87 bits per heavy atom. The molecule has 1 aromatic carbocycles. The van der Waals surface area contributed by atoms with E-state index in [0.717, 1.165) is 24.3 Å². The molecule has 2 N–H and O–H groups in total. The van der Waals surface area contributed by atoms with Crippen molar-refractivity contribution in [2.24, 2.45) is 0 Å². The molecule has 4 nitrogen and oxygen atoms in total. The van der Waals surface area contributed by atoms with E-state index in [1.807, 2.05) is 24.3 Å². The number of rotatable bonds is 8. The molecule has 1 aromatic rings. The molecule has 1 fully saturated rings. The van der Waals surface area contributed by atoms with Gasteiger partial charge in [0, 0.05) is 25.6 Å². The smallest absolute Gasteiger partial charge is 0.221 e. The summed E-state index contributed by atoms with van der Waals surface area (Å²) < 4.78 is 5.32. The second kappa shape index (κ2) is 10.3. The van der Waals surface area contributed by atoms with E-state index >= 15 is 0 Å². The minimum absolute atomic E-state index is 0.126. The number of ether oxygens (including phenoxy) is 1. The van der Waals surface area contributed by atoms with Crippen LogP contribution in [0.3, 0.4) is 0 Å². The minimum atomic E-state index is 0.126. The van der Waals surface area contributed by atoms with Crippen LogP contribution in [0, 0.1) is 0 Å². The van der Waals surface area contributed by atoms with Crippen LogP contribution in [0.2, 0.25) is 0 Å². The van der Waals surface area contributed by atoms with Crippen molar-refractivity contribution < 1.29 is 9.53 Å². The summed E-state index contributed by atoms with van der Waals surface area (Å²) in [6.07, 6.45) is 9.24. The molecule has 2 rings (SSSR count). The average Bonchev–Trinajstić information content (AvgIpc) is 2.84. The predicted molar refractivity (Wildman–Crippen MR) is 93.8 cm³/mol. The van der Waals surface area contributed by atoms with E-state index in [1.165, 1.54) is 38.5 Å². The van der Waals surface area contributed by atoms with E-state index in [9.17, 15) is 4.79 Å². The third-order valence-corrected chi connectivity index (χ3v) is 4.55. The van der Waals surface area contributed by atoms with E-state index in [-0.39, 0.29) is 5.91 Å². The van der Waals surface area contributed by atoms with E-state index in [2.05, 4.69) is 10.6 Å². The molecule has 1 aliphatic rings. The summed E-state index contributed by atoms with van der Waals surface area (Å²) in [5.41, 5.74) is 1.13. The zero-order valence-corrected chi connectivity index (χ0v) is 14.3. The molecule has 0 aromatic heterocycles. The third kappa shape index (κ3) is 6.61. The van der Waals surface area contributed by atoms with Gasteiger partial charge in [0.1, 0.15) is 5.75 Å². The van der Waals surface area contributed by atoms with Crippen LogP contribution < -0.4 is 15.4 Å². The Morgan fingerprint density at radius 3 is 2.61 bits per heavy atom. The summed E-state index contributed by atoms with van der Waals surface area (Å²) in [7, 11) is 1.68. The molecular weight excluding hydrogens is 288 g/mol. The number of hydrogen-bond donors (Lipinski definition) is 2. The number of nitrogens with one attached hydrogen (secondary N) is 2. The lowest BCUT2D eigenvalue weighted by Gasteiger charge is -2.16. The highest BCUT2D eigenvalue weighted by Crippen LogP contribution is 2.18. The average molecular weight is 318 g/mol. The van der Waals surface area contributed by atoms with Crippen molar-refractivity contribution in [1.29, 1.82) is 0 Å². The van der Waals surface area contributed by atoms with Gasteiger partial charge in [-0.3, -0.25) is 4.79 Å². The Kier molecular flexibility index (Phi) is 7.95. The van der Waals surface area contributed by atoms with E-state index in [1.54, 1.807) is 7.11 Å². The van der Waals surface area contributed by atoms with Crippen molar-refractivity contribution in [1.82, 2.24) is 10.6 Å². The van der Waals surface area contributed by atoms with Crippen LogP contribution in [0.1, 0.15) is 50.5 Å². The normalized spacial score (nSPS) is 15.9. The highest BCUT2D eigenvalue weighted by atomic mass is 16.5. The third-order valence-electron chi connectivity index (χ3n) is 4.55. The summed E-state index contributed by atoms with van der Waals surface area (Å²) in [5, 5.41) is 6.54. The molecule has 0 unspecified atom stereocenters. The molecular formula is C19H30N2O2. The first-order valence-electron chi connectivity index (χ1n) is 8.91. The summed E-state index contributed by atoms with van der Waals surface area (Å²) >= 11 is 0. The van der Waals surface area contributed by atoms with Gasteiger partial charge in [-0.2, -0.15) is 0 Å². The Balaban J connectivity index is 1.59. The summed E-state index contributed by atoms with van der Waals surface area (Å²) in [5.74, 6) is 1.01. The van der Waals surface area contributed by atoms with Crippen LogP contribution in [-0.2, 0) is 11.2 Å². The zero-order valence-electron chi connectivity index (χ0n) is 14.3. The van der Waals surface area contributed by atoms with Gasteiger partial charge in [-0.05, 0) is 30.9 Å². The maximum atomic E-state index is 11.9. The van der Waals surface area contributed by atoms with Crippen LogP contribution in [0.4, 0.5) is 0 Å². The minimum Gasteiger partial charge on any atom is -0.496 e. The van der Waals surface area contributed by atoms with E-state index < -0.39 is 0 Å². The lowest BCUT2D eigenvalue weighted by molar-refractivity contribution is -0.120. The molecule has 0 aliphatic heterocycles. The molecule has 4 heteroatoms. The number of para-hydroxylation sites is 1. The van der Waals surface area contributed by atoms with Gasteiger partial charge in [-0.15, -0.1) is 0 Å². The fraction of sp³-hybridized carbons (Fsp3) is 0.632. The number of methoxy groups -OCH3 is 1. The van der Waals surface area contributed by atoms with E-state index in [4.69, 9.17) is 4.74 Å². The highest BCUT2D eigenvalue weighted by Gasteiger charge is 2.11. The maximum absolute atomic E-state index is 11.9. The topological polar surface area (TPSA) is 50.4 Å². The Bertz CT molecular complexity index is 468. The van der Waals surface area contributed by atoms with Gasteiger partial charge in [0.15, 0.2) is 0 Å². The number of amides is 1. The highest BCUT2D eigenvalue weighted by molar-refractivity contribution is 5.76. The Hall–Kier alpha value is -1.55. The van der Waals surface area contributed by atoms with Gasteiger partial charge in [-0.1, -0.05) is 43.9 Å². The first kappa shape index (κ1) is 17.8. The second-order valence-electron chi connectivity index (χ2n) is 6.30. The van der Waals surface area contributed by atoms with Crippen LogP contribution >= 0.6 is 0 Å². The molecule has 23 heavy (non-hydrogen) atoms. The van der Waals surface area contributed by atoms with E-state index in [0.29, 0.717) is 19.0 Å². The lowest BCUT2D eigenvalue weighted by Crippen LogP contribution is -2.33. The second-order valence-corrected chi connectivity index (χ2v) is 6.30. The number of carbonyl (C=O) groups excluding carboxylic acids is 1. The van der Waals surface area contributed by atoms with Crippen molar-refractivity contribution in [2.45, 2.75) is 57.4 Å². The van der Waals surface area contributed by atoms with Gasteiger partial charge in [0.25, 0.3) is 0 Å². The summed E-state index contributed by atoms with van der Waals surface area (Å²) in [6, 6.07) is 8.56. The van der Waals surface area contributed by atoms with Crippen molar-refractivity contribution in [3.05, 3.63) is 29.8 Å². The van der Waals surface area contributed by atoms with Gasteiger partial charge >= 0.3 is 0 Å². The van der Waals surface area contributed by atoms with Gasteiger partial charge in [0.05, 0.1) is 7.11 Å². The molecule has 1 saturated carbocycles. The summed E-state index contributed by atoms with van der Waals surface area (Å²) in [4.78, 5) is 11.9. The lowest BCUT2D eigenvalue weighted by atomic mass is 10.1. The van der Waals surface area contributed by atoms with Crippen molar-refractivity contribution in [3.8, 4) is 5.75 Å². The van der Waals surface area contributed by atoms with Crippen molar-refractivity contribution in [3.63, 3.8) is 0 Å². The number of benzene rings is 1. The Labute approximate surface area is 140 Å². The maximum Gasteiger partial charge on any atom is 0.221 e. The number of carbonyl (C=O) groups is 1. The quantitative estimate of drug-likeness (QED) is 0.724. The van der Waals surface area contributed by atoms with Crippen LogP contribution in [0.25, 0.3) is 0 Å². The molecule has 0 bridgehead atoms. The van der Waals surface area contributed by atoms with Gasteiger partial charge in [0.2, 0.25) is 5.91 Å². The van der Waals surface area contributed by atoms with Crippen molar-refractivity contribution in [2.75, 3.05) is 20.2 Å². The molecule has 0 atom stereocenters. The monoisotopic (exact) mass is 318 g/mol. The summed E-state index contributed by atoms with van der Waals surface area (Å²) in [6.45, 7) is 1.44. The Morgan fingerprint density at radius 1 is 1.13 bits per heavy atom. The number of hydrogen-bond acceptors (Lipinski definition) is 3. The zero-order chi connectivity index (χ0) is 16.3. The largest absolute Gasteiger partial charge is 0.496 e. The molecule has 1 aliphatic carbocycles. The first-order chi connectivity index (χ1) is 11.3.